The molecule has 1 aliphatic heterocycles. The van der Waals surface area contributed by atoms with Crippen molar-refractivity contribution in [3.05, 3.63) is 33.2 Å². The number of aromatic nitrogens is 1. The average Bonchev–Trinajstić information content (AvgIpc) is 2.26. The molecule has 1 aliphatic rings. The molecule has 0 bridgehead atoms. The lowest BCUT2D eigenvalue weighted by Crippen LogP contribution is -2.47. The first-order valence-corrected chi connectivity index (χ1v) is 6.01. The Morgan fingerprint density at radius 3 is 3.00 bits per heavy atom. The van der Waals surface area contributed by atoms with Crippen LogP contribution < -0.4 is 10.9 Å². The van der Waals surface area contributed by atoms with E-state index in [9.17, 15) is 4.79 Å². The topological polar surface area (TPSA) is 44.9 Å². The van der Waals surface area contributed by atoms with Gasteiger partial charge in [0.1, 0.15) is 0 Å². The number of pyridine rings is 1. The molecule has 1 aromatic rings. The monoisotopic (exact) mass is 240 g/mol. The molecule has 0 amide bonds. The van der Waals surface area contributed by atoms with E-state index < -0.39 is 0 Å². The third-order valence-electron chi connectivity index (χ3n) is 3.84. The summed E-state index contributed by atoms with van der Waals surface area (Å²) in [4.78, 5) is 14.6. The molecule has 1 fully saturated rings. The second kappa shape index (κ2) is 4.22. The molecule has 16 heavy (non-hydrogen) atoms. The average molecular weight is 241 g/mol. The summed E-state index contributed by atoms with van der Waals surface area (Å²) in [6, 6.07) is 1.81. The maximum atomic E-state index is 11.9. The van der Waals surface area contributed by atoms with Gasteiger partial charge >= 0.3 is 0 Å². The molecule has 0 aliphatic carbocycles. The quantitative estimate of drug-likeness (QED) is 0.788. The molecule has 3 nitrogen and oxygen atoms in total. The molecule has 0 radical (unpaired) electrons. The number of halogens is 1. The molecule has 0 spiro atoms. The van der Waals surface area contributed by atoms with E-state index in [0.717, 1.165) is 25.1 Å². The number of hydrogen-bond donors (Lipinski definition) is 2. The fourth-order valence-electron chi connectivity index (χ4n) is 2.42. The lowest BCUT2D eigenvalue weighted by molar-refractivity contribution is 0.236. The fourth-order valence-corrected chi connectivity index (χ4v) is 2.58. The number of aromatic amines is 1. The van der Waals surface area contributed by atoms with Gasteiger partial charge in [-0.1, -0.05) is 25.4 Å². The van der Waals surface area contributed by atoms with Crippen LogP contribution in [0.3, 0.4) is 0 Å². The highest BCUT2D eigenvalue weighted by molar-refractivity contribution is 6.30. The molecule has 2 heterocycles. The van der Waals surface area contributed by atoms with Crippen LogP contribution in [0.4, 0.5) is 0 Å². The van der Waals surface area contributed by atoms with E-state index in [-0.39, 0.29) is 11.0 Å². The second-order valence-corrected chi connectivity index (χ2v) is 5.27. The number of H-pyrrole nitrogens is 1. The molecule has 88 valence electrons. The first kappa shape index (κ1) is 11.7. The highest BCUT2D eigenvalue weighted by Crippen LogP contribution is 2.35. The summed E-state index contributed by atoms with van der Waals surface area (Å²) in [5.74, 6) is 0.431. The first-order chi connectivity index (χ1) is 7.54. The number of nitrogens with one attached hydrogen (secondary N) is 2. The van der Waals surface area contributed by atoms with Crippen LogP contribution in [0.2, 0.25) is 5.02 Å². The summed E-state index contributed by atoms with van der Waals surface area (Å²) in [5, 5.41) is 3.95. The van der Waals surface area contributed by atoms with Crippen molar-refractivity contribution in [2.24, 2.45) is 5.92 Å². The molecule has 2 N–H and O–H groups in total. The molecule has 2 rings (SSSR count). The van der Waals surface area contributed by atoms with Crippen LogP contribution in [-0.2, 0) is 5.41 Å². The molecule has 4 heteroatoms. The largest absolute Gasteiger partial charge is 0.327 e. The van der Waals surface area contributed by atoms with Gasteiger partial charge in [0.15, 0.2) is 0 Å². The van der Waals surface area contributed by atoms with E-state index in [2.05, 4.69) is 24.1 Å². The van der Waals surface area contributed by atoms with Gasteiger partial charge in [0.2, 0.25) is 0 Å². The van der Waals surface area contributed by atoms with Crippen molar-refractivity contribution in [1.29, 1.82) is 0 Å². The molecule has 2 atom stereocenters. The Balaban J connectivity index is 2.48. The number of piperidine rings is 1. The van der Waals surface area contributed by atoms with Crippen molar-refractivity contribution in [2.45, 2.75) is 25.7 Å². The highest BCUT2D eigenvalue weighted by Gasteiger charge is 2.37. The SMILES string of the molecule is CC1CNCCC1(C)c1cc(Cl)c[nH]c1=O. The normalized spacial score (nSPS) is 30.3. The van der Waals surface area contributed by atoms with Gasteiger partial charge in [-0.3, -0.25) is 4.79 Å². The van der Waals surface area contributed by atoms with E-state index in [4.69, 9.17) is 11.6 Å². The zero-order chi connectivity index (χ0) is 11.8. The van der Waals surface area contributed by atoms with Gasteiger partial charge in [0, 0.05) is 17.2 Å². The van der Waals surface area contributed by atoms with Crippen LogP contribution in [0.15, 0.2) is 17.1 Å². The van der Waals surface area contributed by atoms with Gasteiger partial charge in [-0.2, -0.15) is 0 Å². The van der Waals surface area contributed by atoms with E-state index in [0.29, 0.717) is 10.9 Å². The third-order valence-corrected chi connectivity index (χ3v) is 4.06. The zero-order valence-corrected chi connectivity index (χ0v) is 10.4. The Kier molecular flexibility index (Phi) is 3.08. The Bertz CT molecular complexity index is 443. The van der Waals surface area contributed by atoms with Gasteiger partial charge in [0.05, 0.1) is 5.02 Å². The van der Waals surface area contributed by atoms with Gasteiger partial charge in [-0.15, -0.1) is 0 Å². The summed E-state index contributed by atoms with van der Waals surface area (Å²) in [5.41, 5.74) is 0.721. The molecule has 1 aromatic heterocycles. The van der Waals surface area contributed by atoms with Crippen molar-refractivity contribution in [2.75, 3.05) is 13.1 Å². The van der Waals surface area contributed by atoms with Crippen LogP contribution in [0, 0.1) is 5.92 Å². The summed E-state index contributed by atoms with van der Waals surface area (Å²) in [6.07, 6.45) is 2.51. The smallest absolute Gasteiger partial charge is 0.251 e. The van der Waals surface area contributed by atoms with Gasteiger partial charge in [0.25, 0.3) is 5.56 Å². The second-order valence-electron chi connectivity index (χ2n) is 4.83. The van der Waals surface area contributed by atoms with Crippen LogP contribution in [0.5, 0.6) is 0 Å². The highest BCUT2D eigenvalue weighted by atomic mass is 35.5. The summed E-state index contributed by atoms with van der Waals surface area (Å²) >= 11 is 5.96. The Morgan fingerprint density at radius 1 is 1.56 bits per heavy atom. The Hall–Kier alpha value is -0.800. The lowest BCUT2D eigenvalue weighted by atomic mass is 9.69. The van der Waals surface area contributed by atoms with Gasteiger partial charge in [-0.05, 0) is 31.5 Å². The van der Waals surface area contributed by atoms with Crippen LogP contribution >= 0.6 is 11.6 Å². The van der Waals surface area contributed by atoms with E-state index >= 15 is 0 Å². The first-order valence-electron chi connectivity index (χ1n) is 5.63. The summed E-state index contributed by atoms with van der Waals surface area (Å²) in [7, 11) is 0. The van der Waals surface area contributed by atoms with Crippen molar-refractivity contribution in [3.8, 4) is 0 Å². The zero-order valence-electron chi connectivity index (χ0n) is 9.64. The maximum absolute atomic E-state index is 11.9. The molecular weight excluding hydrogens is 224 g/mol. The van der Waals surface area contributed by atoms with Crippen LogP contribution in [0.1, 0.15) is 25.8 Å². The molecule has 1 saturated heterocycles. The standard InChI is InChI=1S/C12H17ClN2O/c1-8-6-14-4-3-12(8,2)10-5-9(13)7-15-11(10)16/h5,7-8,14H,3-4,6H2,1-2H3,(H,15,16). The lowest BCUT2D eigenvalue weighted by Gasteiger charge is -2.40. The number of hydrogen-bond acceptors (Lipinski definition) is 2. The van der Waals surface area contributed by atoms with E-state index in [1.54, 1.807) is 6.20 Å². The fraction of sp³-hybridized carbons (Fsp3) is 0.583. The molecular formula is C12H17ClN2O. The number of rotatable bonds is 1. The predicted octanol–water partition coefficient (Wildman–Crippen LogP) is 1.92. The Morgan fingerprint density at radius 2 is 2.31 bits per heavy atom. The van der Waals surface area contributed by atoms with Crippen LogP contribution in [-0.4, -0.2) is 18.1 Å². The summed E-state index contributed by atoms with van der Waals surface area (Å²) < 4.78 is 0. The van der Waals surface area contributed by atoms with Gasteiger partial charge in [-0.25, -0.2) is 0 Å². The third kappa shape index (κ3) is 1.89. The summed E-state index contributed by atoms with van der Waals surface area (Å²) in [6.45, 7) is 6.22. The van der Waals surface area contributed by atoms with Gasteiger partial charge < -0.3 is 10.3 Å². The maximum Gasteiger partial charge on any atom is 0.251 e. The van der Waals surface area contributed by atoms with Crippen molar-refractivity contribution >= 4 is 11.6 Å². The minimum atomic E-state index is -0.0796. The van der Waals surface area contributed by atoms with Crippen molar-refractivity contribution < 1.29 is 0 Å². The minimum Gasteiger partial charge on any atom is -0.327 e. The minimum absolute atomic E-state index is 0.0133. The molecule has 2 unspecified atom stereocenters. The van der Waals surface area contributed by atoms with E-state index in [1.165, 1.54) is 0 Å². The van der Waals surface area contributed by atoms with Crippen molar-refractivity contribution in [3.63, 3.8) is 0 Å². The molecule has 0 aromatic carbocycles. The Labute approximate surface area is 100 Å². The predicted molar refractivity (Wildman–Crippen MR) is 66.1 cm³/mol. The van der Waals surface area contributed by atoms with E-state index in [1.807, 2.05) is 6.07 Å². The van der Waals surface area contributed by atoms with Crippen molar-refractivity contribution in [1.82, 2.24) is 10.3 Å². The molecule has 0 saturated carbocycles. The van der Waals surface area contributed by atoms with Crippen LogP contribution in [0.25, 0.3) is 0 Å².